The van der Waals surface area contributed by atoms with E-state index in [1.807, 2.05) is 31.2 Å². The third-order valence-electron chi connectivity index (χ3n) is 2.02. The summed E-state index contributed by atoms with van der Waals surface area (Å²) in [5.41, 5.74) is 1.07. The SMILES string of the molecule is CCc1ccccc1OCC(=O)CC#N. The molecule has 1 aromatic carbocycles. The van der Waals surface area contributed by atoms with Gasteiger partial charge in [-0.25, -0.2) is 0 Å². The Morgan fingerprint density at radius 3 is 2.87 bits per heavy atom. The molecular formula is C12H13NO2. The predicted molar refractivity (Wildman–Crippen MR) is 56.6 cm³/mol. The molecule has 0 bridgehead atoms. The van der Waals surface area contributed by atoms with Crippen LogP contribution in [0.25, 0.3) is 0 Å². The van der Waals surface area contributed by atoms with Crippen molar-refractivity contribution in [2.24, 2.45) is 0 Å². The molecule has 0 atom stereocenters. The number of nitrogens with zero attached hydrogens (tertiary/aromatic N) is 1. The summed E-state index contributed by atoms with van der Waals surface area (Å²) < 4.78 is 5.34. The molecule has 1 aromatic rings. The zero-order valence-electron chi connectivity index (χ0n) is 8.69. The average Bonchev–Trinajstić information content (AvgIpc) is 2.27. The van der Waals surface area contributed by atoms with Gasteiger partial charge in [0.1, 0.15) is 12.4 Å². The van der Waals surface area contributed by atoms with E-state index in [0.717, 1.165) is 17.7 Å². The molecule has 0 spiro atoms. The Morgan fingerprint density at radius 2 is 2.20 bits per heavy atom. The standard InChI is InChI=1S/C12H13NO2/c1-2-10-5-3-4-6-12(10)15-9-11(14)7-8-13/h3-6H,2,7,9H2,1H3. The molecule has 0 amide bonds. The van der Waals surface area contributed by atoms with E-state index in [2.05, 4.69) is 0 Å². The van der Waals surface area contributed by atoms with Crippen LogP contribution in [0.5, 0.6) is 5.75 Å². The molecule has 78 valence electrons. The molecule has 15 heavy (non-hydrogen) atoms. The molecule has 0 unspecified atom stereocenters. The summed E-state index contributed by atoms with van der Waals surface area (Å²) in [7, 11) is 0. The minimum Gasteiger partial charge on any atom is -0.486 e. The number of ether oxygens (including phenoxy) is 1. The highest BCUT2D eigenvalue weighted by molar-refractivity contribution is 5.81. The van der Waals surface area contributed by atoms with Crippen molar-refractivity contribution in [2.45, 2.75) is 19.8 Å². The fourth-order valence-electron chi connectivity index (χ4n) is 1.23. The number of ketones is 1. The molecule has 0 aliphatic rings. The van der Waals surface area contributed by atoms with Crippen molar-refractivity contribution in [3.8, 4) is 11.8 Å². The predicted octanol–water partition coefficient (Wildman–Crippen LogP) is 2.11. The van der Waals surface area contributed by atoms with Gasteiger partial charge in [0.25, 0.3) is 0 Å². The van der Waals surface area contributed by atoms with E-state index in [1.165, 1.54) is 0 Å². The molecule has 3 heteroatoms. The van der Waals surface area contributed by atoms with E-state index in [9.17, 15) is 4.79 Å². The Labute approximate surface area is 89.3 Å². The van der Waals surface area contributed by atoms with Gasteiger partial charge in [0.15, 0.2) is 5.78 Å². The van der Waals surface area contributed by atoms with Crippen LogP contribution in [-0.2, 0) is 11.2 Å². The lowest BCUT2D eigenvalue weighted by atomic mass is 10.1. The van der Waals surface area contributed by atoms with Crippen LogP contribution in [0.1, 0.15) is 18.9 Å². The van der Waals surface area contributed by atoms with Crippen LogP contribution in [0.2, 0.25) is 0 Å². The van der Waals surface area contributed by atoms with E-state index in [1.54, 1.807) is 6.07 Å². The number of nitriles is 1. The van der Waals surface area contributed by atoms with Crippen molar-refractivity contribution in [1.82, 2.24) is 0 Å². The zero-order valence-corrected chi connectivity index (χ0v) is 8.69. The highest BCUT2D eigenvalue weighted by Crippen LogP contribution is 2.18. The summed E-state index contributed by atoms with van der Waals surface area (Å²) in [5.74, 6) is 0.537. The van der Waals surface area contributed by atoms with Crippen LogP contribution in [0.15, 0.2) is 24.3 Å². The first kappa shape index (κ1) is 11.3. The van der Waals surface area contributed by atoms with Crippen molar-refractivity contribution in [3.05, 3.63) is 29.8 Å². The molecule has 0 N–H and O–H groups in total. The van der Waals surface area contributed by atoms with Crippen molar-refractivity contribution in [1.29, 1.82) is 5.26 Å². The Balaban J connectivity index is 2.57. The lowest BCUT2D eigenvalue weighted by Crippen LogP contribution is -2.10. The maximum Gasteiger partial charge on any atom is 0.184 e. The van der Waals surface area contributed by atoms with Gasteiger partial charge in [0, 0.05) is 0 Å². The van der Waals surface area contributed by atoms with E-state index in [0.29, 0.717) is 0 Å². The largest absolute Gasteiger partial charge is 0.486 e. The molecule has 0 saturated carbocycles. The van der Waals surface area contributed by atoms with Gasteiger partial charge < -0.3 is 4.74 Å². The van der Waals surface area contributed by atoms with Crippen LogP contribution in [0.3, 0.4) is 0 Å². The Kier molecular flexibility index (Phi) is 4.36. The van der Waals surface area contributed by atoms with E-state index < -0.39 is 0 Å². The summed E-state index contributed by atoms with van der Waals surface area (Å²) in [4.78, 5) is 11.1. The topological polar surface area (TPSA) is 50.1 Å². The fraction of sp³-hybridized carbons (Fsp3) is 0.333. The van der Waals surface area contributed by atoms with Gasteiger partial charge in [-0.2, -0.15) is 5.26 Å². The van der Waals surface area contributed by atoms with Gasteiger partial charge in [0.05, 0.1) is 12.5 Å². The first-order valence-electron chi connectivity index (χ1n) is 4.87. The molecule has 1 rings (SSSR count). The number of aryl methyl sites for hydroxylation is 1. The zero-order chi connectivity index (χ0) is 11.1. The normalized spacial score (nSPS) is 9.33. The second-order valence-electron chi connectivity index (χ2n) is 3.12. The molecule has 0 aliphatic carbocycles. The van der Waals surface area contributed by atoms with Crippen molar-refractivity contribution >= 4 is 5.78 Å². The van der Waals surface area contributed by atoms with Gasteiger partial charge in [-0.05, 0) is 18.1 Å². The Morgan fingerprint density at radius 1 is 1.47 bits per heavy atom. The summed E-state index contributed by atoms with van der Waals surface area (Å²) in [5, 5.41) is 8.31. The first-order chi connectivity index (χ1) is 7.27. The third-order valence-corrected chi connectivity index (χ3v) is 2.02. The Hall–Kier alpha value is -1.82. The van der Waals surface area contributed by atoms with Crippen LogP contribution < -0.4 is 4.74 Å². The molecule has 0 aromatic heterocycles. The summed E-state index contributed by atoms with van der Waals surface area (Å²) in [6.45, 7) is 2.00. The first-order valence-corrected chi connectivity index (χ1v) is 4.87. The molecule has 0 fully saturated rings. The van der Waals surface area contributed by atoms with E-state index in [-0.39, 0.29) is 18.8 Å². The molecule has 0 aliphatic heterocycles. The third kappa shape index (κ3) is 3.43. The van der Waals surface area contributed by atoms with Crippen molar-refractivity contribution < 1.29 is 9.53 Å². The maximum absolute atomic E-state index is 11.1. The molecule has 0 saturated heterocycles. The highest BCUT2D eigenvalue weighted by Gasteiger charge is 2.04. The van der Waals surface area contributed by atoms with Gasteiger partial charge in [-0.3, -0.25) is 4.79 Å². The number of carbonyl (C=O) groups excluding carboxylic acids is 1. The second kappa shape index (κ2) is 5.82. The number of Topliss-reactive ketones (excluding diaryl/α,β-unsaturated/α-hetero) is 1. The smallest absolute Gasteiger partial charge is 0.184 e. The van der Waals surface area contributed by atoms with Gasteiger partial charge >= 0.3 is 0 Å². The molecule has 0 radical (unpaired) electrons. The fourth-order valence-corrected chi connectivity index (χ4v) is 1.23. The van der Waals surface area contributed by atoms with Crippen LogP contribution in [-0.4, -0.2) is 12.4 Å². The van der Waals surface area contributed by atoms with Gasteiger partial charge in [-0.1, -0.05) is 25.1 Å². The summed E-state index contributed by atoms with van der Waals surface area (Å²) in [6.07, 6.45) is 0.775. The number of hydrogen-bond acceptors (Lipinski definition) is 3. The summed E-state index contributed by atoms with van der Waals surface area (Å²) >= 11 is 0. The minimum absolute atomic E-state index is 0.0232. The van der Waals surface area contributed by atoms with Crippen molar-refractivity contribution in [3.63, 3.8) is 0 Å². The average molecular weight is 203 g/mol. The van der Waals surface area contributed by atoms with E-state index in [4.69, 9.17) is 10.00 Å². The van der Waals surface area contributed by atoms with Crippen LogP contribution in [0, 0.1) is 11.3 Å². The summed E-state index contributed by atoms with van der Waals surface area (Å²) in [6, 6.07) is 9.39. The minimum atomic E-state index is -0.191. The van der Waals surface area contributed by atoms with Gasteiger partial charge in [-0.15, -0.1) is 0 Å². The number of hydrogen-bond donors (Lipinski definition) is 0. The van der Waals surface area contributed by atoms with Gasteiger partial charge in [0.2, 0.25) is 0 Å². The highest BCUT2D eigenvalue weighted by atomic mass is 16.5. The number of benzene rings is 1. The molecular weight excluding hydrogens is 190 g/mol. The van der Waals surface area contributed by atoms with E-state index >= 15 is 0 Å². The number of para-hydroxylation sites is 1. The maximum atomic E-state index is 11.1. The van der Waals surface area contributed by atoms with Crippen molar-refractivity contribution in [2.75, 3.05) is 6.61 Å². The quantitative estimate of drug-likeness (QED) is 0.736. The molecule has 0 heterocycles. The molecule has 3 nitrogen and oxygen atoms in total. The number of rotatable bonds is 5. The Bertz CT molecular complexity index is 379. The lowest BCUT2D eigenvalue weighted by molar-refractivity contribution is -0.120. The van der Waals surface area contributed by atoms with Crippen LogP contribution in [0.4, 0.5) is 0 Å². The lowest BCUT2D eigenvalue weighted by Gasteiger charge is -2.08. The van der Waals surface area contributed by atoms with Crippen LogP contribution >= 0.6 is 0 Å². The monoisotopic (exact) mass is 203 g/mol. The second-order valence-corrected chi connectivity index (χ2v) is 3.12. The number of carbonyl (C=O) groups is 1.